The summed E-state index contributed by atoms with van der Waals surface area (Å²) in [5.41, 5.74) is 1.69. The van der Waals surface area contributed by atoms with Crippen molar-refractivity contribution >= 4 is 5.97 Å². The molecule has 1 aromatic heterocycles. The monoisotopic (exact) mass is 408 g/mol. The first kappa shape index (κ1) is 21.1. The molecule has 0 aliphatic heterocycles. The van der Waals surface area contributed by atoms with Crippen LogP contribution in [0.5, 0.6) is 23.1 Å². The number of rotatable bonds is 9. The van der Waals surface area contributed by atoms with Crippen molar-refractivity contribution in [2.45, 2.75) is 19.8 Å². The Kier molecular flexibility index (Phi) is 7.21. The van der Waals surface area contributed by atoms with Crippen molar-refractivity contribution in [2.75, 3.05) is 20.8 Å². The molecule has 0 fully saturated rings. The van der Waals surface area contributed by atoms with Gasteiger partial charge in [-0.1, -0.05) is 13.3 Å². The Morgan fingerprint density at radius 2 is 1.67 bits per heavy atom. The summed E-state index contributed by atoms with van der Waals surface area (Å²) in [6.07, 6.45) is 2.05. The molecule has 0 aliphatic rings. The standard InChI is InChI=1S/C23H24N2O5/c1-4-5-14-29-17-8-6-16(7-9-17)23(26)30-22-13-11-20(24-25-22)19-15-18(27-2)10-12-21(19)28-3/h6-13,15H,4-5,14H2,1-3H3. The predicted octanol–water partition coefficient (Wildman–Crippen LogP) is 4.56. The van der Waals surface area contributed by atoms with Crippen LogP contribution in [0.2, 0.25) is 0 Å². The maximum absolute atomic E-state index is 12.4. The van der Waals surface area contributed by atoms with E-state index in [-0.39, 0.29) is 5.88 Å². The van der Waals surface area contributed by atoms with Crippen LogP contribution in [-0.4, -0.2) is 37.0 Å². The molecular formula is C23H24N2O5. The number of esters is 1. The summed E-state index contributed by atoms with van der Waals surface area (Å²) in [4.78, 5) is 12.4. The molecule has 0 atom stereocenters. The lowest BCUT2D eigenvalue weighted by Gasteiger charge is -2.10. The van der Waals surface area contributed by atoms with Crippen molar-refractivity contribution < 1.29 is 23.7 Å². The average Bonchev–Trinajstić information content (AvgIpc) is 2.79. The molecule has 2 aromatic carbocycles. The third-order valence-corrected chi connectivity index (χ3v) is 4.38. The first-order chi connectivity index (χ1) is 14.6. The number of hydrogen-bond acceptors (Lipinski definition) is 7. The molecule has 0 aliphatic carbocycles. The molecule has 0 radical (unpaired) electrons. The molecular weight excluding hydrogens is 384 g/mol. The van der Waals surface area contributed by atoms with Crippen molar-refractivity contribution in [2.24, 2.45) is 0 Å². The Hall–Kier alpha value is -3.61. The predicted molar refractivity (Wildman–Crippen MR) is 112 cm³/mol. The van der Waals surface area contributed by atoms with Crippen LogP contribution in [0, 0.1) is 0 Å². The molecule has 30 heavy (non-hydrogen) atoms. The minimum absolute atomic E-state index is 0.105. The first-order valence-electron chi connectivity index (χ1n) is 9.65. The summed E-state index contributed by atoms with van der Waals surface area (Å²) < 4.78 is 21.5. The van der Waals surface area contributed by atoms with E-state index >= 15 is 0 Å². The van der Waals surface area contributed by atoms with Gasteiger partial charge in [-0.3, -0.25) is 0 Å². The maximum atomic E-state index is 12.4. The number of unbranched alkanes of at least 4 members (excludes halogenated alkanes) is 1. The first-order valence-corrected chi connectivity index (χ1v) is 9.65. The lowest BCUT2D eigenvalue weighted by atomic mass is 10.1. The number of carbonyl (C=O) groups excluding carboxylic acids is 1. The van der Waals surface area contributed by atoms with E-state index in [4.69, 9.17) is 18.9 Å². The summed E-state index contributed by atoms with van der Waals surface area (Å²) in [6.45, 7) is 2.76. The number of methoxy groups -OCH3 is 2. The molecule has 1 heterocycles. The van der Waals surface area contributed by atoms with Crippen LogP contribution in [0.25, 0.3) is 11.3 Å². The lowest BCUT2D eigenvalue weighted by molar-refractivity contribution is 0.0726. The molecule has 0 amide bonds. The van der Waals surface area contributed by atoms with Crippen LogP contribution < -0.4 is 18.9 Å². The third kappa shape index (κ3) is 5.26. The van der Waals surface area contributed by atoms with E-state index in [1.54, 1.807) is 68.8 Å². The van der Waals surface area contributed by atoms with Gasteiger partial charge >= 0.3 is 5.97 Å². The Bertz CT molecular complexity index is 972. The molecule has 0 unspecified atom stereocenters. The Balaban J connectivity index is 1.68. The number of ether oxygens (including phenoxy) is 4. The highest BCUT2D eigenvalue weighted by Gasteiger charge is 2.13. The number of aromatic nitrogens is 2. The largest absolute Gasteiger partial charge is 0.497 e. The van der Waals surface area contributed by atoms with Crippen LogP contribution in [0.3, 0.4) is 0 Å². The maximum Gasteiger partial charge on any atom is 0.344 e. The van der Waals surface area contributed by atoms with Crippen LogP contribution in [0.15, 0.2) is 54.6 Å². The Labute approximate surface area is 175 Å². The van der Waals surface area contributed by atoms with Gasteiger partial charge in [0.15, 0.2) is 0 Å². The molecule has 156 valence electrons. The smallest absolute Gasteiger partial charge is 0.344 e. The fourth-order valence-electron chi connectivity index (χ4n) is 2.71. The zero-order chi connectivity index (χ0) is 21.3. The zero-order valence-electron chi connectivity index (χ0n) is 17.3. The Morgan fingerprint density at radius 3 is 2.30 bits per heavy atom. The summed E-state index contributed by atoms with van der Waals surface area (Å²) in [5, 5.41) is 8.16. The highest BCUT2D eigenvalue weighted by molar-refractivity contribution is 5.91. The van der Waals surface area contributed by atoms with E-state index in [2.05, 4.69) is 17.1 Å². The molecule has 0 spiro atoms. The molecule has 3 rings (SSSR count). The van der Waals surface area contributed by atoms with Crippen molar-refractivity contribution in [1.82, 2.24) is 10.2 Å². The minimum Gasteiger partial charge on any atom is -0.497 e. The van der Waals surface area contributed by atoms with Crippen LogP contribution in [-0.2, 0) is 0 Å². The minimum atomic E-state index is -0.517. The van der Waals surface area contributed by atoms with E-state index in [0.717, 1.165) is 24.2 Å². The second kappa shape index (κ2) is 10.2. The van der Waals surface area contributed by atoms with Gasteiger partial charge in [-0.05, 0) is 55.0 Å². The number of carbonyl (C=O) groups is 1. The van der Waals surface area contributed by atoms with Crippen LogP contribution in [0.4, 0.5) is 0 Å². The fraction of sp³-hybridized carbons (Fsp3) is 0.261. The van der Waals surface area contributed by atoms with Gasteiger partial charge < -0.3 is 18.9 Å². The van der Waals surface area contributed by atoms with E-state index in [9.17, 15) is 4.79 Å². The van der Waals surface area contributed by atoms with Crippen LogP contribution in [0.1, 0.15) is 30.1 Å². The van der Waals surface area contributed by atoms with Crippen molar-refractivity contribution in [3.63, 3.8) is 0 Å². The van der Waals surface area contributed by atoms with Gasteiger partial charge in [0.05, 0.1) is 32.1 Å². The summed E-state index contributed by atoms with van der Waals surface area (Å²) in [6, 6.07) is 15.5. The van der Waals surface area contributed by atoms with E-state index < -0.39 is 5.97 Å². The molecule has 3 aromatic rings. The molecule has 7 heteroatoms. The van der Waals surface area contributed by atoms with Gasteiger partial charge in [-0.25, -0.2) is 4.79 Å². The quantitative estimate of drug-likeness (QED) is 0.379. The summed E-state index contributed by atoms with van der Waals surface area (Å²) >= 11 is 0. The normalized spacial score (nSPS) is 10.4. The highest BCUT2D eigenvalue weighted by atomic mass is 16.5. The van der Waals surface area contributed by atoms with Gasteiger partial charge in [-0.2, -0.15) is 0 Å². The Morgan fingerprint density at radius 1 is 0.900 bits per heavy atom. The van der Waals surface area contributed by atoms with Gasteiger partial charge in [0.2, 0.25) is 5.88 Å². The summed E-state index contributed by atoms with van der Waals surface area (Å²) in [7, 11) is 3.17. The van der Waals surface area contributed by atoms with E-state index in [1.807, 2.05) is 0 Å². The number of hydrogen-bond donors (Lipinski definition) is 0. The SMILES string of the molecule is CCCCOc1ccc(C(=O)Oc2ccc(-c3cc(OC)ccc3OC)nn2)cc1. The molecule has 0 saturated carbocycles. The second-order valence-electron chi connectivity index (χ2n) is 6.44. The van der Waals surface area contributed by atoms with Crippen LogP contribution >= 0.6 is 0 Å². The zero-order valence-corrected chi connectivity index (χ0v) is 17.3. The van der Waals surface area contributed by atoms with E-state index in [0.29, 0.717) is 29.4 Å². The number of nitrogens with zero attached hydrogens (tertiary/aromatic N) is 2. The molecule has 0 bridgehead atoms. The van der Waals surface area contributed by atoms with Crippen molar-refractivity contribution in [3.8, 4) is 34.4 Å². The van der Waals surface area contributed by atoms with Gasteiger partial charge in [0, 0.05) is 11.6 Å². The third-order valence-electron chi connectivity index (χ3n) is 4.38. The second-order valence-corrected chi connectivity index (χ2v) is 6.44. The van der Waals surface area contributed by atoms with Crippen molar-refractivity contribution in [3.05, 3.63) is 60.2 Å². The molecule has 7 nitrogen and oxygen atoms in total. The summed E-state index contributed by atoms with van der Waals surface area (Å²) in [5.74, 6) is 1.61. The van der Waals surface area contributed by atoms with Gasteiger partial charge in [0.25, 0.3) is 0 Å². The topological polar surface area (TPSA) is 79.8 Å². The highest BCUT2D eigenvalue weighted by Crippen LogP contribution is 2.32. The van der Waals surface area contributed by atoms with Crippen molar-refractivity contribution in [1.29, 1.82) is 0 Å². The molecule has 0 N–H and O–H groups in total. The number of benzene rings is 2. The van der Waals surface area contributed by atoms with E-state index in [1.165, 1.54) is 0 Å². The van der Waals surface area contributed by atoms with Gasteiger partial charge in [-0.15, -0.1) is 10.2 Å². The molecule has 0 saturated heterocycles. The lowest BCUT2D eigenvalue weighted by Crippen LogP contribution is -2.10. The van der Waals surface area contributed by atoms with Gasteiger partial charge in [0.1, 0.15) is 17.2 Å². The fourth-order valence-corrected chi connectivity index (χ4v) is 2.71. The average molecular weight is 408 g/mol.